The van der Waals surface area contributed by atoms with Gasteiger partial charge in [-0.15, -0.1) is 0 Å². The zero-order valence-electron chi connectivity index (χ0n) is 12.3. The topological polar surface area (TPSA) is 46.3 Å². The number of nitrogens with two attached hydrogens (primary N) is 1. The van der Waals surface area contributed by atoms with Gasteiger partial charge in [0.25, 0.3) is 0 Å². The molecule has 2 fully saturated rings. The van der Waals surface area contributed by atoms with Gasteiger partial charge >= 0.3 is 0 Å². The Hall–Kier alpha value is -0.570. The van der Waals surface area contributed by atoms with Crippen molar-refractivity contribution in [3.8, 4) is 0 Å². The maximum absolute atomic E-state index is 12.3. The van der Waals surface area contributed by atoms with Crippen LogP contribution in [-0.4, -0.2) is 29.4 Å². The van der Waals surface area contributed by atoms with E-state index < -0.39 is 0 Å². The summed E-state index contributed by atoms with van der Waals surface area (Å²) in [6, 6.07) is 0.599. The molecule has 1 amide bonds. The lowest BCUT2D eigenvalue weighted by Gasteiger charge is -2.39. The predicted octanol–water partition coefficient (Wildman–Crippen LogP) is 2.54. The van der Waals surface area contributed by atoms with Gasteiger partial charge in [0.2, 0.25) is 5.91 Å². The van der Waals surface area contributed by atoms with E-state index in [4.69, 9.17) is 5.73 Å². The summed E-state index contributed by atoms with van der Waals surface area (Å²) >= 11 is 0. The number of fused-ring (bicyclic) bond motifs is 2. The number of nitrogens with zero attached hydrogens (tertiary/aromatic N) is 1. The Morgan fingerprint density at radius 1 is 1.39 bits per heavy atom. The van der Waals surface area contributed by atoms with Crippen molar-refractivity contribution in [1.82, 2.24) is 4.90 Å². The summed E-state index contributed by atoms with van der Waals surface area (Å²) in [5.41, 5.74) is 6.47. The molecule has 0 spiro atoms. The summed E-state index contributed by atoms with van der Waals surface area (Å²) in [7, 11) is 0. The second-order valence-corrected chi connectivity index (χ2v) is 7.75. The third-order valence-corrected chi connectivity index (χ3v) is 4.55. The first kappa shape index (κ1) is 13.9. The molecule has 104 valence electrons. The van der Waals surface area contributed by atoms with E-state index >= 15 is 0 Å². The molecular formula is C15H28N2O. The molecule has 3 atom stereocenters. The molecule has 2 N–H and O–H groups in total. The molecule has 1 heterocycles. The van der Waals surface area contributed by atoms with Gasteiger partial charge in [0.1, 0.15) is 0 Å². The van der Waals surface area contributed by atoms with Crippen molar-refractivity contribution in [2.45, 2.75) is 71.9 Å². The number of carbonyl (C=O) groups excluding carboxylic acids is 1. The van der Waals surface area contributed by atoms with Crippen LogP contribution in [-0.2, 0) is 4.79 Å². The van der Waals surface area contributed by atoms with Gasteiger partial charge in [0, 0.05) is 25.0 Å². The van der Waals surface area contributed by atoms with Crippen molar-refractivity contribution < 1.29 is 4.79 Å². The van der Waals surface area contributed by atoms with E-state index in [-0.39, 0.29) is 6.04 Å². The summed E-state index contributed by atoms with van der Waals surface area (Å²) in [5, 5.41) is 0. The molecule has 2 aliphatic rings. The van der Waals surface area contributed by atoms with Crippen molar-refractivity contribution in [1.29, 1.82) is 0 Å². The fourth-order valence-electron chi connectivity index (χ4n) is 4.25. The summed E-state index contributed by atoms with van der Waals surface area (Å²) < 4.78 is 0. The molecule has 1 aliphatic heterocycles. The summed E-state index contributed by atoms with van der Waals surface area (Å²) in [5.74, 6) is 0.318. The number of amides is 1. The molecule has 0 aromatic heterocycles. The zero-order valence-corrected chi connectivity index (χ0v) is 12.3. The molecule has 2 bridgehead atoms. The van der Waals surface area contributed by atoms with Crippen LogP contribution >= 0.6 is 0 Å². The molecule has 0 aromatic rings. The Morgan fingerprint density at radius 3 is 2.67 bits per heavy atom. The van der Waals surface area contributed by atoms with Gasteiger partial charge in [-0.3, -0.25) is 4.79 Å². The van der Waals surface area contributed by atoms with Crippen LogP contribution in [0, 0.1) is 10.8 Å². The minimum atomic E-state index is 0.128. The highest BCUT2D eigenvalue weighted by Gasteiger charge is 2.50. The van der Waals surface area contributed by atoms with Gasteiger partial charge < -0.3 is 10.6 Å². The molecule has 1 saturated heterocycles. The van der Waals surface area contributed by atoms with Crippen LogP contribution in [0.15, 0.2) is 0 Å². The fourth-order valence-corrected chi connectivity index (χ4v) is 4.25. The first-order chi connectivity index (χ1) is 8.21. The molecule has 3 heteroatoms. The van der Waals surface area contributed by atoms with Gasteiger partial charge in [-0.2, -0.15) is 0 Å². The largest absolute Gasteiger partial charge is 0.339 e. The minimum absolute atomic E-state index is 0.128. The lowest BCUT2D eigenvalue weighted by atomic mass is 9.65. The Bertz CT molecular complexity index is 337. The van der Waals surface area contributed by atoms with E-state index in [0.717, 1.165) is 19.4 Å². The average molecular weight is 252 g/mol. The molecule has 0 radical (unpaired) electrons. The Labute approximate surface area is 111 Å². The second kappa shape index (κ2) is 4.52. The first-order valence-corrected chi connectivity index (χ1v) is 7.26. The van der Waals surface area contributed by atoms with Gasteiger partial charge in [0.15, 0.2) is 0 Å². The van der Waals surface area contributed by atoms with Crippen LogP contribution in [0.4, 0.5) is 0 Å². The van der Waals surface area contributed by atoms with E-state index in [2.05, 4.69) is 25.7 Å². The SMILES string of the molecule is CC(N)CCC(=O)N1CC2(C)CC1CC(C)(C)C2. The lowest BCUT2D eigenvalue weighted by Crippen LogP contribution is -2.38. The zero-order chi connectivity index (χ0) is 13.6. The third kappa shape index (κ3) is 2.87. The van der Waals surface area contributed by atoms with Crippen LogP contribution in [0.25, 0.3) is 0 Å². The number of likely N-dealkylation sites (tertiary alicyclic amines) is 1. The molecule has 1 saturated carbocycles. The normalized spacial score (nSPS) is 35.6. The van der Waals surface area contributed by atoms with E-state index in [1.807, 2.05) is 6.92 Å². The van der Waals surface area contributed by atoms with Gasteiger partial charge in [-0.1, -0.05) is 20.8 Å². The molecule has 0 aromatic carbocycles. The van der Waals surface area contributed by atoms with Crippen LogP contribution < -0.4 is 5.73 Å². The standard InChI is InChI=1S/C15H28N2O/c1-11(16)5-6-13(18)17-10-15(4)8-12(17)7-14(2,3)9-15/h11-12H,5-10,16H2,1-4H3. The van der Waals surface area contributed by atoms with E-state index in [0.29, 0.717) is 29.2 Å². The highest BCUT2D eigenvalue weighted by Crippen LogP contribution is 2.52. The van der Waals surface area contributed by atoms with E-state index in [1.54, 1.807) is 0 Å². The van der Waals surface area contributed by atoms with Crippen molar-refractivity contribution in [2.75, 3.05) is 6.54 Å². The lowest BCUT2D eigenvalue weighted by molar-refractivity contribution is -0.132. The number of hydrogen-bond acceptors (Lipinski definition) is 2. The second-order valence-electron chi connectivity index (χ2n) is 7.75. The Morgan fingerprint density at radius 2 is 2.06 bits per heavy atom. The van der Waals surface area contributed by atoms with Crippen molar-refractivity contribution in [3.63, 3.8) is 0 Å². The Kier molecular flexibility index (Phi) is 3.48. The smallest absolute Gasteiger partial charge is 0.222 e. The van der Waals surface area contributed by atoms with Crippen molar-refractivity contribution in [2.24, 2.45) is 16.6 Å². The molecule has 3 nitrogen and oxygen atoms in total. The maximum atomic E-state index is 12.3. The maximum Gasteiger partial charge on any atom is 0.222 e. The summed E-state index contributed by atoms with van der Waals surface area (Å²) in [6.45, 7) is 9.96. The van der Waals surface area contributed by atoms with E-state index in [9.17, 15) is 4.79 Å². The van der Waals surface area contributed by atoms with Gasteiger partial charge in [-0.25, -0.2) is 0 Å². The monoisotopic (exact) mass is 252 g/mol. The fraction of sp³-hybridized carbons (Fsp3) is 0.933. The quantitative estimate of drug-likeness (QED) is 0.839. The van der Waals surface area contributed by atoms with Crippen molar-refractivity contribution >= 4 is 5.91 Å². The van der Waals surface area contributed by atoms with Gasteiger partial charge in [-0.05, 0) is 43.4 Å². The minimum Gasteiger partial charge on any atom is -0.339 e. The van der Waals surface area contributed by atoms with Crippen LogP contribution in [0.5, 0.6) is 0 Å². The van der Waals surface area contributed by atoms with Crippen LogP contribution in [0.3, 0.4) is 0 Å². The van der Waals surface area contributed by atoms with Crippen molar-refractivity contribution in [3.05, 3.63) is 0 Å². The molecule has 3 unspecified atom stereocenters. The highest BCUT2D eigenvalue weighted by atomic mass is 16.2. The van der Waals surface area contributed by atoms with E-state index in [1.165, 1.54) is 12.8 Å². The summed E-state index contributed by atoms with van der Waals surface area (Å²) in [4.78, 5) is 14.5. The number of hydrogen-bond donors (Lipinski definition) is 1. The predicted molar refractivity (Wildman–Crippen MR) is 74.1 cm³/mol. The highest BCUT2D eigenvalue weighted by molar-refractivity contribution is 5.77. The average Bonchev–Trinajstić information content (AvgIpc) is 2.44. The van der Waals surface area contributed by atoms with Crippen LogP contribution in [0.1, 0.15) is 59.8 Å². The van der Waals surface area contributed by atoms with Gasteiger partial charge in [0.05, 0.1) is 0 Å². The molecule has 1 aliphatic carbocycles. The molecule has 2 rings (SSSR count). The summed E-state index contributed by atoms with van der Waals surface area (Å²) in [6.07, 6.45) is 5.02. The number of rotatable bonds is 3. The molecule has 18 heavy (non-hydrogen) atoms. The third-order valence-electron chi connectivity index (χ3n) is 4.55. The number of carbonyl (C=O) groups is 1. The van der Waals surface area contributed by atoms with Crippen LogP contribution in [0.2, 0.25) is 0 Å². The first-order valence-electron chi connectivity index (χ1n) is 7.26. The Balaban J connectivity index is 2.02. The molecular weight excluding hydrogens is 224 g/mol.